The van der Waals surface area contributed by atoms with Gasteiger partial charge in [-0.2, -0.15) is 0 Å². The number of nitrogens with one attached hydrogen (secondary N) is 1. The van der Waals surface area contributed by atoms with Crippen molar-refractivity contribution in [3.8, 4) is 0 Å². The zero-order valence-corrected chi connectivity index (χ0v) is 24.3. The van der Waals surface area contributed by atoms with Gasteiger partial charge in [-0.05, 0) is 102 Å². The number of carbonyl (C=O) groups excluding carboxylic acids is 1. The minimum atomic E-state index is -0.531. The SMILES string of the molecule is CC(C)[C@@H]1CCc2ncnc(N3CC4(CCNCC4)c4c(CN(C(=O)OC(C)(C)C)C(C)C)cccc43)c21. The molecule has 7 heteroatoms. The molecule has 3 aliphatic rings. The van der Waals surface area contributed by atoms with E-state index < -0.39 is 5.60 Å². The number of amides is 1. The molecule has 7 nitrogen and oxygen atoms in total. The smallest absolute Gasteiger partial charge is 0.410 e. The van der Waals surface area contributed by atoms with Crippen molar-refractivity contribution in [2.24, 2.45) is 5.92 Å². The molecule has 1 spiro atoms. The van der Waals surface area contributed by atoms with Crippen LogP contribution in [0.2, 0.25) is 0 Å². The van der Waals surface area contributed by atoms with Crippen molar-refractivity contribution < 1.29 is 9.53 Å². The van der Waals surface area contributed by atoms with Gasteiger partial charge in [-0.3, -0.25) is 0 Å². The number of anilines is 2. The lowest BCUT2D eigenvalue weighted by Gasteiger charge is -2.37. The minimum absolute atomic E-state index is 0.0253. The zero-order chi connectivity index (χ0) is 27.2. The lowest BCUT2D eigenvalue weighted by Crippen LogP contribution is -2.44. The van der Waals surface area contributed by atoms with E-state index in [-0.39, 0.29) is 17.6 Å². The lowest BCUT2D eigenvalue weighted by molar-refractivity contribution is 0.0170. The predicted molar refractivity (Wildman–Crippen MR) is 152 cm³/mol. The first kappa shape index (κ1) is 26.9. The molecule has 1 atom stereocenters. The third-order valence-corrected chi connectivity index (χ3v) is 8.63. The average Bonchev–Trinajstić information content (AvgIpc) is 3.42. The van der Waals surface area contributed by atoms with Gasteiger partial charge < -0.3 is 19.9 Å². The average molecular weight is 520 g/mol. The first-order valence-corrected chi connectivity index (χ1v) is 14.4. The summed E-state index contributed by atoms with van der Waals surface area (Å²) < 4.78 is 5.81. The Morgan fingerprint density at radius 1 is 1.18 bits per heavy atom. The maximum atomic E-state index is 13.3. The second-order valence-corrected chi connectivity index (χ2v) is 13.1. The molecule has 1 aromatic carbocycles. The number of benzene rings is 1. The maximum absolute atomic E-state index is 13.3. The van der Waals surface area contributed by atoms with Gasteiger partial charge in [-0.25, -0.2) is 14.8 Å². The number of aromatic nitrogens is 2. The second kappa shape index (κ2) is 10.1. The highest BCUT2D eigenvalue weighted by atomic mass is 16.6. The van der Waals surface area contributed by atoms with Crippen LogP contribution in [0, 0.1) is 5.92 Å². The number of ether oxygens (including phenoxy) is 1. The monoisotopic (exact) mass is 519 g/mol. The summed E-state index contributed by atoms with van der Waals surface area (Å²) >= 11 is 0. The number of hydrogen-bond acceptors (Lipinski definition) is 6. The van der Waals surface area contributed by atoms with Crippen LogP contribution in [0.1, 0.15) is 96.0 Å². The van der Waals surface area contributed by atoms with Crippen molar-refractivity contribution >= 4 is 17.6 Å². The zero-order valence-electron chi connectivity index (χ0n) is 24.3. The van der Waals surface area contributed by atoms with Crippen molar-refractivity contribution in [3.05, 3.63) is 46.9 Å². The van der Waals surface area contributed by atoms with E-state index in [1.54, 1.807) is 6.33 Å². The quantitative estimate of drug-likeness (QED) is 0.516. The highest BCUT2D eigenvalue weighted by Gasteiger charge is 2.47. The summed E-state index contributed by atoms with van der Waals surface area (Å²) in [6.07, 6.45) is 5.82. The second-order valence-electron chi connectivity index (χ2n) is 13.1. The third kappa shape index (κ3) is 4.90. The van der Waals surface area contributed by atoms with Crippen LogP contribution < -0.4 is 10.2 Å². The first-order valence-electron chi connectivity index (χ1n) is 14.4. The Hall–Kier alpha value is -2.67. The minimum Gasteiger partial charge on any atom is -0.444 e. The molecule has 1 saturated heterocycles. The fourth-order valence-corrected chi connectivity index (χ4v) is 6.81. The number of aryl methyl sites for hydroxylation is 1. The van der Waals surface area contributed by atoms with E-state index in [1.807, 2.05) is 25.7 Å². The van der Waals surface area contributed by atoms with Gasteiger partial charge in [0.25, 0.3) is 0 Å². The van der Waals surface area contributed by atoms with Crippen molar-refractivity contribution in [1.29, 1.82) is 0 Å². The van der Waals surface area contributed by atoms with Crippen LogP contribution in [0.15, 0.2) is 24.5 Å². The molecule has 1 aliphatic carbocycles. The Morgan fingerprint density at radius 3 is 2.58 bits per heavy atom. The molecule has 1 amide bonds. The Morgan fingerprint density at radius 2 is 1.92 bits per heavy atom. The molecule has 1 N–H and O–H groups in total. The summed E-state index contributed by atoms with van der Waals surface area (Å²) in [6.45, 7) is 18.0. The van der Waals surface area contributed by atoms with Gasteiger partial charge >= 0.3 is 6.09 Å². The lowest BCUT2D eigenvalue weighted by atomic mass is 9.73. The van der Waals surface area contributed by atoms with Gasteiger partial charge in [0.05, 0.1) is 0 Å². The van der Waals surface area contributed by atoms with E-state index >= 15 is 0 Å². The normalized spacial score (nSPS) is 20.2. The van der Waals surface area contributed by atoms with Crippen LogP contribution in [-0.4, -0.2) is 52.2 Å². The van der Waals surface area contributed by atoms with Crippen LogP contribution >= 0.6 is 0 Å². The van der Waals surface area contributed by atoms with E-state index in [1.165, 1.54) is 28.1 Å². The Labute approximate surface area is 228 Å². The van der Waals surface area contributed by atoms with Crippen LogP contribution in [0.4, 0.5) is 16.3 Å². The highest BCUT2D eigenvalue weighted by molar-refractivity contribution is 5.76. The molecular formula is C31H45N5O2. The van der Waals surface area contributed by atoms with Gasteiger partial charge in [0.15, 0.2) is 0 Å². The number of fused-ring (bicyclic) bond motifs is 3. The molecule has 0 unspecified atom stereocenters. The van der Waals surface area contributed by atoms with Gasteiger partial charge in [-0.15, -0.1) is 0 Å². The molecule has 0 bridgehead atoms. The van der Waals surface area contributed by atoms with E-state index in [0.717, 1.165) is 51.1 Å². The van der Waals surface area contributed by atoms with Gasteiger partial charge in [-0.1, -0.05) is 26.0 Å². The standard InChI is InChI=1S/C31H45N5O2/c1-20(2)23-11-12-24-26(23)28(34-19-33-24)36-18-31(13-15-32-16-14-31)27-22(9-8-10-25(27)36)17-35(21(3)4)29(37)38-30(5,6)7/h8-10,19-21,23,32H,11-18H2,1-7H3/t23-/m0/s1. The number of nitrogens with zero attached hydrogens (tertiary/aromatic N) is 4. The molecule has 5 rings (SSSR count). The summed E-state index contributed by atoms with van der Waals surface area (Å²) in [5.74, 6) is 2.13. The molecule has 0 radical (unpaired) electrons. The number of rotatable bonds is 5. The molecular weight excluding hydrogens is 474 g/mol. The van der Waals surface area contributed by atoms with Crippen LogP contribution in [-0.2, 0) is 23.1 Å². The molecule has 38 heavy (non-hydrogen) atoms. The summed E-state index contributed by atoms with van der Waals surface area (Å²) in [4.78, 5) is 27.3. The Balaban J connectivity index is 1.60. The molecule has 2 aliphatic heterocycles. The van der Waals surface area contributed by atoms with Crippen molar-refractivity contribution in [2.45, 2.75) is 104 Å². The largest absolute Gasteiger partial charge is 0.444 e. The molecule has 1 aromatic heterocycles. The predicted octanol–water partition coefficient (Wildman–Crippen LogP) is 6.08. The van der Waals surface area contributed by atoms with Crippen LogP contribution in [0.25, 0.3) is 0 Å². The number of hydrogen-bond donors (Lipinski definition) is 1. The fraction of sp³-hybridized carbons (Fsp3) is 0.645. The topological polar surface area (TPSA) is 70.6 Å². The van der Waals surface area contributed by atoms with E-state index in [4.69, 9.17) is 14.7 Å². The molecule has 3 heterocycles. The summed E-state index contributed by atoms with van der Waals surface area (Å²) in [5, 5.41) is 3.58. The molecule has 2 aromatic rings. The van der Waals surface area contributed by atoms with Gasteiger partial charge in [0, 0.05) is 41.5 Å². The summed E-state index contributed by atoms with van der Waals surface area (Å²) in [7, 11) is 0. The molecule has 206 valence electrons. The van der Waals surface area contributed by atoms with Crippen molar-refractivity contribution in [2.75, 3.05) is 24.5 Å². The number of carbonyl (C=O) groups is 1. The Bertz CT molecular complexity index is 1180. The summed E-state index contributed by atoms with van der Waals surface area (Å²) in [5.41, 5.74) is 5.91. The summed E-state index contributed by atoms with van der Waals surface area (Å²) in [6, 6.07) is 6.65. The van der Waals surface area contributed by atoms with Crippen LogP contribution in [0.5, 0.6) is 0 Å². The van der Waals surface area contributed by atoms with E-state index in [2.05, 4.69) is 56.1 Å². The Kier molecular flexibility index (Phi) is 7.18. The van der Waals surface area contributed by atoms with E-state index in [9.17, 15) is 4.79 Å². The van der Waals surface area contributed by atoms with Crippen molar-refractivity contribution in [3.63, 3.8) is 0 Å². The van der Waals surface area contributed by atoms with E-state index in [0.29, 0.717) is 18.4 Å². The van der Waals surface area contributed by atoms with Crippen molar-refractivity contribution in [1.82, 2.24) is 20.2 Å². The number of piperidine rings is 1. The van der Waals surface area contributed by atoms with Crippen LogP contribution in [0.3, 0.4) is 0 Å². The molecule has 1 fully saturated rings. The maximum Gasteiger partial charge on any atom is 0.410 e. The first-order chi connectivity index (χ1) is 18.0. The van der Waals surface area contributed by atoms with Gasteiger partial charge in [0.1, 0.15) is 17.7 Å². The third-order valence-electron chi connectivity index (χ3n) is 8.63. The fourth-order valence-electron chi connectivity index (χ4n) is 6.81. The van der Waals surface area contributed by atoms with Gasteiger partial charge in [0.2, 0.25) is 0 Å². The highest BCUT2D eigenvalue weighted by Crippen LogP contribution is 2.53. The molecule has 0 saturated carbocycles.